The van der Waals surface area contributed by atoms with E-state index < -0.39 is 0 Å². The number of nitrogens with zero attached hydrogens (tertiary/aromatic N) is 1. The molecule has 0 aliphatic carbocycles. The van der Waals surface area contributed by atoms with Gasteiger partial charge in [-0.3, -0.25) is 14.6 Å². The minimum absolute atomic E-state index is 0.0468. The summed E-state index contributed by atoms with van der Waals surface area (Å²) >= 11 is 0. The quantitative estimate of drug-likeness (QED) is 0.304. The van der Waals surface area contributed by atoms with E-state index in [1.165, 1.54) is 7.05 Å². The van der Waals surface area contributed by atoms with Crippen LogP contribution in [0, 0.1) is 0 Å². The van der Waals surface area contributed by atoms with E-state index in [0.717, 1.165) is 10.5 Å². The Morgan fingerprint density at radius 2 is 1.80 bits per heavy atom. The molecule has 0 aliphatic rings. The number of hydrogen-bond acceptors (Lipinski definition) is 3. The normalized spacial score (nSPS) is 10.9. The number of amides is 1. The highest BCUT2D eigenvalue weighted by Gasteiger charge is 2.11. The summed E-state index contributed by atoms with van der Waals surface area (Å²) in [4.78, 5) is 27.4. The van der Waals surface area contributed by atoms with E-state index in [9.17, 15) is 9.59 Å². The maximum absolute atomic E-state index is 12.4. The lowest BCUT2D eigenvalue weighted by Gasteiger charge is -2.10. The molecule has 1 aromatic heterocycles. The zero-order valence-corrected chi connectivity index (χ0v) is 10.9. The zero-order valence-electron chi connectivity index (χ0n) is 10.9. The molecule has 3 aromatic rings. The van der Waals surface area contributed by atoms with Gasteiger partial charge in [0.05, 0.1) is 5.52 Å². The van der Waals surface area contributed by atoms with Crippen LogP contribution in [-0.4, -0.2) is 22.9 Å². The third-order valence-corrected chi connectivity index (χ3v) is 3.27. The molecule has 0 saturated carbocycles. The summed E-state index contributed by atoms with van der Waals surface area (Å²) in [5.41, 5.74) is 1.76. The van der Waals surface area contributed by atoms with Crippen LogP contribution in [0.15, 0.2) is 47.3 Å². The zero-order chi connectivity index (χ0) is 14.3. The van der Waals surface area contributed by atoms with Crippen LogP contribution in [-0.2, 0) is 0 Å². The summed E-state index contributed by atoms with van der Waals surface area (Å²) in [6, 6.07) is 12.2. The number of nitrogens with one attached hydrogen (secondary N) is 1. The molecule has 1 heterocycles. The molecule has 2 aromatic carbocycles. The number of carbonyl (C=O) groups is 1. The number of pyridine rings is 1. The van der Waals surface area contributed by atoms with Crippen molar-refractivity contribution in [3.63, 3.8) is 0 Å². The fraction of sp³-hybridized carbons (Fsp3) is 0.0667. The lowest BCUT2D eigenvalue weighted by Crippen LogP contribution is -2.33. The number of hydrogen-bond donors (Lipinski definition) is 2. The molecule has 0 spiro atoms. The van der Waals surface area contributed by atoms with E-state index in [2.05, 4.69) is 4.98 Å². The van der Waals surface area contributed by atoms with Gasteiger partial charge in [0.1, 0.15) is 0 Å². The Labute approximate surface area is 114 Å². The molecule has 5 heteroatoms. The Kier molecular flexibility index (Phi) is 2.76. The van der Waals surface area contributed by atoms with Gasteiger partial charge in [-0.05, 0) is 30.3 Å². The first-order valence-corrected chi connectivity index (χ1v) is 6.15. The highest BCUT2D eigenvalue weighted by Crippen LogP contribution is 2.16. The molecule has 0 atom stereocenters. The smallest absolute Gasteiger partial charge is 0.267 e. The maximum atomic E-state index is 12.4. The number of aromatic amines is 1. The van der Waals surface area contributed by atoms with Gasteiger partial charge >= 0.3 is 0 Å². The van der Waals surface area contributed by atoms with Crippen molar-refractivity contribution in [3.8, 4) is 0 Å². The van der Waals surface area contributed by atoms with E-state index in [1.54, 1.807) is 24.3 Å². The van der Waals surface area contributed by atoms with Crippen LogP contribution in [0.4, 0.5) is 0 Å². The summed E-state index contributed by atoms with van der Waals surface area (Å²) in [5.74, 6) is 5.14. The van der Waals surface area contributed by atoms with E-state index in [1.807, 2.05) is 18.2 Å². The van der Waals surface area contributed by atoms with Gasteiger partial charge in [0.25, 0.3) is 5.91 Å². The molecule has 100 valence electrons. The average molecular weight is 267 g/mol. The van der Waals surface area contributed by atoms with E-state index in [0.29, 0.717) is 21.9 Å². The van der Waals surface area contributed by atoms with Crippen molar-refractivity contribution >= 4 is 27.7 Å². The predicted molar refractivity (Wildman–Crippen MR) is 78.4 cm³/mol. The number of benzene rings is 2. The maximum Gasteiger partial charge on any atom is 0.267 e. The van der Waals surface area contributed by atoms with Gasteiger partial charge in [-0.2, -0.15) is 0 Å². The number of hydrazine groups is 1. The van der Waals surface area contributed by atoms with Crippen molar-refractivity contribution in [2.24, 2.45) is 5.84 Å². The SMILES string of the molecule is CN(N)C(=O)c1ccc2c(=O)c3ccccc3[nH]c2c1. The summed E-state index contributed by atoms with van der Waals surface area (Å²) in [6.07, 6.45) is 0. The lowest BCUT2D eigenvalue weighted by atomic mass is 10.1. The molecule has 3 rings (SSSR count). The molecule has 0 saturated heterocycles. The van der Waals surface area contributed by atoms with Gasteiger partial charge in [-0.1, -0.05) is 12.1 Å². The van der Waals surface area contributed by atoms with Gasteiger partial charge < -0.3 is 4.98 Å². The number of aromatic nitrogens is 1. The molecule has 0 unspecified atom stereocenters. The Balaban J connectivity index is 2.33. The van der Waals surface area contributed by atoms with Crippen molar-refractivity contribution < 1.29 is 4.79 Å². The van der Waals surface area contributed by atoms with Crippen molar-refractivity contribution in [1.82, 2.24) is 9.99 Å². The van der Waals surface area contributed by atoms with Crippen LogP contribution in [0.5, 0.6) is 0 Å². The fourth-order valence-electron chi connectivity index (χ4n) is 2.26. The minimum Gasteiger partial charge on any atom is -0.354 e. The summed E-state index contributed by atoms with van der Waals surface area (Å²) in [6.45, 7) is 0. The summed E-state index contributed by atoms with van der Waals surface area (Å²) < 4.78 is 0. The van der Waals surface area contributed by atoms with Crippen molar-refractivity contribution in [2.45, 2.75) is 0 Å². The second kappa shape index (κ2) is 4.47. The van der Waals surface area contributed by atoms with Crippen LogP contribution < -0.4 is 11.3 Å². The number of rotatable bonds is 1. The third-order valence-electron chi connectivity index (χ3n) is 3.27. The van der Waals surface area contributed by atoms with Gasteiger partial charge in [-0.15, -0.1) is 0 Å². The molecule has 0 bridgehead atoms. The number of para-hydroxylation sites is 1. The van der Waals surface area contributed by atoms with E-state index >= 15 is 0 Å². The molecule has 0 radical (unpaired) electrons. The molecule has 3 N–H and O–H groups in total. The molecule has 5 nitrogen and oxygen atoms in total. The molecule has 1 amide bonds. The number of nitrogens with two attached hydrogens (primary N) is 1. The monoisotopic (exact) mass is 267 g/mol. The van der Waals surface area contributed by atoms with Crippen LogP contribution in [0.3, 0.4) is 0 Å². The van der Waals surface area contributed by atoms with Crippen LogP contribution in [0.25, 0.3) is 21.8 Å². The number of carbonyl (C=O) groups excluding carboxylic acids is 1. The molecule has 0 aliphatic heterocycles. The Bertz CT molecular complexity index is 881. The van der Waals surface area contributed by atoms with Crippen LogP contribution in [0.2, 0.25) is 0 Å². The van der Waals surface area contributed by atoms with E-state index in [4.69, 9.17) is 5.84 Å². The number of fused-ring (bicyclic) bond motifs is 2. The minimum atomic E-state index is -0.305. The summed E-state index contributed by atoms with van der Waals surface area (Å²) in [7, 11) is 1.48. The fourth-order valence-corrected chi connectivity index (χ4v) is 2.26. The first-order valence-electron chi connectivity index (χ1n) is 6.15. The topological polar surface area (TPSA) is 79.2 Å². The predicted octanol–water partition coefficient (Wildman–Crippen LogP) is 1.63. The Hall–Kier alpha value is -2.66. The van der Waals surface area contributed by atoms with Crippen LogP contribution in [0.1, 0.15) is 10.4 Å². The first-order chi connectivity index (χ1) is 9.58. The molecular formula is C15H13N3O2. The van der Waals surface area contributed by atoms with Gasteiger partial charge in [0.2, 0.25) is 0 Å². The van der Waals surface area contributed by atoms with Crippen molar-refractivity contribution in [3.05, 3.63) is 58.3 Å². The van der Waals surface area contributed by atoms with Gasteiger partial charge in [0, 0.05) is 28.9 Å². The van der Waals surface area contributed by atoms with Gasteiger partial charge in [0.15, 0.2) is 5.43 Å². The van der Waals surface area contributed by atoms with Crippen LogP contribution >= 0.6 is 0 Å². The second-order valence-corrected chi connectivity index (χ2v) is 4.68. The largest absolute Gasteiger partial charge is 0.354 e. The van der Waals surface area contributed by atoms with E-state index in [-0.39, 0.29) is 11.3 Å². The highest BCUT2D eigenvalue weighted by atomic mass is 16.2. The van der Waals surface area contributed by atoms with Crippen molar-refractivity contribution in [2.75, 3.05) is 7.05 Å². The average Bonchev–Trinajstić information content (AvgIpc) is 2.46. The molecule has 20 heavy (non-hydrogen) atoms. The lowest BCUT2D eigenvalue weighted by molar-refractivity contribution is 0.0795. The van der Waals surface area contributed by atoms with Gasteiger partial charge in [-0.25, -0.2) is 5.84 Å². The first kappa shape index (κ1) is 12.4. The number of H-pyrrole nitrogens is 1. The van der Waals surface area contributed by atoms with Crippen molar-refractivity contribution in [1.29, 1.82) is 0 Å². The summed E-state index contributed by atoms with van der Waals surface area (Å²) in [5, 5.41) is 2.20. The highest BCUT2D eigenvalue weighted by molar-refractivity contribution is 5.99. The molecule has 0 fully saturated rings. The molecular weight excluding hydrogens is 254 g/mol. The Morgan fingerprint density at radius 3 is 2.55 bits per heavy atom. The third kappa shape index (κ3) is 1.85. The standard InChI is InChI=1S/C15H13N3O2/c1-18(16)15(20)9-6-7-11-13(8-9)17-12-5-3-2-4-10(12)14(11)19/h2-8H,16H2,1H3,(H,17,19). The Morgan fingerprint density at radius 1 is 1.10 bits per heavy atom. The second-order valence-electron chi connectivity index (χ2n) is 4.68.